The molecule has 0 fully saturated rings. The first-order valence-electron chi connectivity index (χ1n) is 35.2. The van der Waals surface area contributed by atoms with E-state index in [2.05, 4.69) is 0 Å². The first-order chi connectivity index (χ1) is 47.0. The van der Waals surface area contributed by atoms with Crippen LogP contribution in [0.25, 0.3) is 144 Å². The number of para-hydroxylation sites is 7. The maximum atomic E-state index is 10.6. The first kappa shape index (κ1) is 22.2. The topological polar surface area (TPSA) is 95.3 Å². The summed E-state index contributed by atoms with van der Waals surface area (Å²) in [5.41, 5.74) is -5.42. The molecule has 0 saturated heterocycles. The fourth-order valence-corrected chi connectivity index (χ4v) is 10.1. The monoisotopic (exact) mass is 958 g/mol. The molecule has 0 radical (unpaired) electrons. The van der Waals surface area contributed by atoms with Crippen molar-refractivity contribution >= 4 is 109 Å². The second-order valence-electron chi connectivity index (χ2n) is 16.7. The van der Waals surface area contributed by atoms with Gasteiger partial charge in [0.15, 0.2) is 5.82 Å². The Morgan fingerprint density at radius 2 is 0.904 bits per heavy atom. The molecular weight excluding hydrogens is 897 g/mol. The summed E-state index contributed by atoms with van der Waals surface area (Å²) in [6.45, 7) is 0. The van der Waals surface area contributed by atoms with Crippen molar-refractivity contribution in [2.24, 2.45) is 0 Å². The number of benzene rings is 10. The summed E-state index contributed by atoms with van der Waals surface area (Å²) in [4.78, 5) is 15.0. The molecule has 0 aliphatic carbocycles. The summed E-state index contributed by atoms with van der Waals surface area (Å²) < 4.78 is 256. The normalized spacial score (nSPS) is 17.1. The molecule has 0 saturated carbocycles. The van der Waals surface area contributed by atoms with Gasteiger partial charge in [0.1, 0.15) is 11.2 Å². The SMILES string of the molecule is [2H]c1c([2H])c(-n2c3c([2H])c([2H])c([2H])c([2H])c3c3c([2H])c(C#N)c([2H])c([2H])c32)c(-c2nc(-n3c4c([2H])c([2H])c([2H])c([2H])c4c4c([2H])c([2H])c([2H])c([2H])c43)nc(-n3c4c([2H])c([2H])c([2H])c([2H])c4c4c([2H])c([2H])c([2H])c([2H])c43)n2)c(-n2c3ccccc3c3ccc4oc5ccccc5c4c32)c1[2H]. The fourth-order valence-electron chi connectivity index (χ4n) is 10.1. The van der Waals surface area contributed by atoms with Gasteiger partial charge in [-0.15, -0.1) is 0 Å². The Labute approximate surface area is 451 Å². The molecule has 0 spiro atoms. The lowest BCUT2D eigenvalue weighted by atomic mass is 10.1. The van der Waals surface area contributed by atoms with Crippen molar-refractivity contribution in [3.05, 3.63) is 223 Å². The number of aromatic nitrogens is 7. The van der Waals surface area contributed by atoms with Gasteiger partial charge in [-0.3, -0.25) is 9.13 Å². The standard InChI is InChI=1S/C64H36N8O/c65-37-38-32-34-54-47(36-38)44-21-6-8-23-48(44)69(54)55-29-15-30-56(70-49-24-9-5-20-43(49)45-33-35-58-59(61(45)70)46-22-7-14-31-57(46)73-58)60(55)62-66-63(71-50-25-10-1-16-39(50)40-17-2-11-26-51(40)71)68-64(67-62)72-52-27-12-3-18-41(52)42-19-4-13-28-53(42)72/h1-36H/i1D,2D,3D,4D,6D,8D,10D,11D,12D,13D,15D,16D,17D,18D,19D,21D,23D,25D,26D,27D,28D,29D,30D,32D,34D,36D. The largest absolute Gasteiger partial charge is 0.456 e. The summed E-state index contributed by atoms with van der Waals surface area (Å²) in [7, 11) is 0. The van der Waals surface area contributed by atoms with E-state index in [1.165, 1.54) is 4.57 Å². The van der Waals surface area contributed by atoms with Crippen LogP contribution in [0.3, 0.4) is 0 Å². The number of nitriles is 1. The summed E-state index contributed by atoms with van der Waals surface area (Å²) in [5, 5.41) is 9.20. The minimum Gasteiger partial charge on any atom is -0.456 e. The molecule has 73 heavy (non-hydrogen) atoms. The van der Waals surface area contributed by atoms with Crippen molar-refractivity contribution in [2.75, 3.05) is 0 Å². The zero-order chi connectivity index (χ0) is 70.5. The predicted molar refractivity (Wildman–Crippen MR) is 295 cm³/mol. The number of hydrogen-bond acceptors (Lipinski definition) is 5. The summed E-state index contributed by atoms with van der Waals surface area (Å²) in [5.74, 6) is -2.76. The van der Waals surface area contributed by atoms with Crippen molar-refractivity contribution in [1.82, 2.24) is 33.2 Å². The number of rotatable bonds is 5. The van der Waals surface area contributed by atoms with Gasteiger partial charge < -0.3 is 13.6 Å². The molecule has 0 amide bonds. The molecule has 338 valence electrons. The molecule has 6 aromatic heterocycles. The number of fused-ring (bicyclic) bond motifs is 16. The van der Waals surface area contributed by atoms with Gasteiger partial charge in [-0.1, -0.05) is 133 Å². The van der Waals surface area contributed by atoms with Crippen LogP contribution in [0.1, 0.15) is 41.2 Å². The van der Waals surface area contributed by atoms with Crippen molar-refractivity contribution < 1.29 is 40.1 Å². The maximum absolute atomic E-state index is 10.6. The van der Waals surface area contributed by atoms with Crippen LogP contribution in [0.4, 0.5) is 0 Å². The van der Waals surface area contributed by atoms with Crippen LogP contribution in [0.2, 0.25) is 0 Å². The van der Waals surface area contributed by atoms with Crippen LogP contribution in [0.5, 0.6) is 0 Å². The number of hydrogen-bond donors (Lipinski definition) is 0. The Morgan fingerprint density at radius 3 is 1.51 bits per heavy atom. The van der Waals surface area contributed by atoms with Gasteiger partial charge in [0.25, 0.3) is 0 Å². The van der Waals surface area contributed by atoms with E-state index in [9.17, 15) is 28.6 Å². The highest BCUT2D eigenvalue weighted by Crippen LogP contribution is 2.45. The van der Waals surface area contributed by atoms with Crippen LogP contribution in [0, 0.1) is 11.3 Å². The molecule has 9 nitrogen and oxygen atoms in total. The maximum Gasteiger partial charge on any atom is 0.240 e. The lowest BCUT2D eigenvalue weighted by molar-refractivity contribution is 0.669. The summed E-state index contributed by atoms with van der Waals surface area (Å²) in [6, 6.07) is -4.29. The third-order valence-electron chi connectivity index (χ3n) is 13.0. The summed E-state index contributed by atoms with van der Waals surface area (Å²) >= 11 is 0. The molecule has 6 heterocycles. The molecule has 0 atom stereocenters. The highest BCUT2D eigenvalue weighted by Gasteiger charge is 2.28. The molecule has 0 aliphatic rings. The van der Waals surface area contributed by atoms with E-state index in [4.69, 9.17) is 31.7 Å². The van der Waals surface area contributed by atoms with E-state index in [0.29, 0.717) is 27.1 Å². The fraction of sp³-hybridized carbons (Fsp3) is 0. The Balaban J connectivity index is 1.25. The third kappa shape index (κ3) is 5.46. The Hall–Kier alpha value is -10.3. The molecule has 0 bridgehead atoms. The minimum absolute atomic E-state index is 0.223. The van der Waals surface area contributed by atoms with Gasteiger partial charge >= 0.3 is 0 Å². The van der Waals surface area contributed by atoms with Crippen molar-refractivity contribution in [3.63, 3.8) is 0 Å². The van der Waals surface area contributed by atoms with Crippen LogP contribution < -0.4 is 0 Å². The average Bonchev–Trinajstić information content (AvgIpc) is 1.56. The average molecular weight is 959 g/mol. The molecule has 16 aromatic rings. The molecule has 0 unspecified atom stereocenters. The van der Waals surface area contributed by atoms with Crippen LogP contribution >= 0.6 is 0 Å². The van der Waals surface area contributed by atoms with E-state index in [1.54, 1.807) is 66.7 Å². The quantitative estimate of drug-likeness (QED) is 0.171. The van der Waals surface area contributed by atoms with Crippen LogP contribution in [-0.2, 0) is 0 Å². The molecular formula is C64H36N8O. The summed E-state index contributed by atoms with van der Waals surface area (Å²) in [6.07, 6.45) is 0. The van der Waals surface area contributed by atoms with Gasteiger partial charge in [0.05, 0.1) is 114 Å². The Bertz CT molecular complexity index is 6330. The molecule has 16 rings (SSSR count). The predicted octanol–water partition coefficient (Wildman–Crippen LogP) is 15.7. The lowest BCUT2D eigenvalue weighted by Gasteiger charge is -2.20. The number of nitrogens with zero attached hydrogens (tertiary/aromatic N) is 8. The van der Waals surface area contributed by atoms with E-state index < -0.39 is 263 Å². The third-order valence-corrected chi connectivity index (χ3v) is 13.0. The highest BCUT2D eigenvalue weighted by atomic mass is 16.3. The van der Waals surface area contributed by atoms with Crippen LogP contribution in [0.15, 0.2) is 222 Å². The second kappa shape index (κ2) is 14.9. The zero-order valence-electron chi connectivity index (χ0n) is 62.8. The lowest BCUT2D eigenvalue weighted by Crippen LogP contribution is -2.12. The smallest absolute Gasteiger partial charge is 0.240 e. The molecule has 9 heteroatoms. The van der Waals surface area contributed by atoms with E-state index in [1.807, 2.05) is 0 Å². The van der Waals surface area contributed by atoms with Crippen LogP contribution in [-0.4, -0.2) is 33.2 Å². The second-order valence-corrected chi connectivity index (χ2v) is 16.7. The molecule has 10 aromatic carbocycles. The van der Waals surface area contributed by atoms with E-state index in [-0.39, 0.29) is 16.6 Å². The van der Waals surface area contributed by atoms with Gasteiger partial charge in [-0.05, 0) is 84.7 Å². The van der Waals surface area contributed by atoms with Crippen molar-refractivity contribution in [1.29, 1.82) is 5.26 Å². The van der Waals surface area contributed by atoms with Gasteiger partial charge in [-0.25, -0.2) is 0 Å². The molecule has 0 N–H and O–H groups in total. The van der Waals surface area contributed by atoms with E-state index in [0.717, 1.165) is 13.7 Å². The van der Waals surface area contributed by atoms with E-state index >= 15 is 0 Å². The zero-order valence-corrected chi connectivity index (χ0v) is 36.8. The number of furan rings is 1. The van der Waals surface area contributed by atoms with Gasteiger partial charge in [0, 0.05) is 48.5 Å². The minimum atomic E-state index is -1.03. The van der Waals surface area contributed by atoms with Crippen molar-refractivity contribution in [2.45, 2.75) is 0 Å². The van der Waals surface area contributed by atoms with Gasteiger partial charge in [-0.2, -0.15) is 20.2 Å². The first-order valence-corrected chi connectivity index (χ1v) is 22.2. The molecule has 0 aliphatic heterocycles. The highest BCUT2D eigenvalue weighted by molar-refractivity contribution is 6.25. The Kier molecular flexibility index (Phi) is 4.52. The Morgan fingerprint density at radius 1 is 0.397 bits per heavy atom. The van der Waals surface area contributed by atoms with Gasteiger partial charge in [0.2, 0.25) is 11.9 Å². The van der Waals surface area contributed by atoms with Crippen molar-refractivity contribution in [3.8, 4) is 40.7 Å².